The van der Waals surface area contributed by atoms with Gasteiger partial charge in [-0.1, -0.05) is 51.8 Å². The third kappa shape index (κ3) is 8.82. The number of carbonyl (C=O) groups is 2. The summed E-state index contributed by atoms with van der Waals surface area (Å²) in [4.78, 5) is 27.2. The van der Waals surface area contributed by atoms with Crippen LogP contribution in [0.25, 0.3) is 6.08 Å². The number of amides is 1. The lowest BCUT2D eigenvalue weighted by molar-refractivity contribution is -0.156. The molecule has 1 heterocycles. The van der Waals surface area contributed by atoms with Crippen molar-refractivity contribution in [2.45, 2.75) is 97.8 Å². The molecule has 1 aliphatic carbocycles. The van der Waals surface area contributed by atoms with Crippen molar-refractivity contribution in [3.63, 3.8) is 0 Å². The van der Waals surface area contributed by atoms with Gasteiger partial charge in [0.15, 0.2) is 0 Å². The zero-order chi connectivity index (χ0) is 24.6. The maximum atomic E-state index is 13.5. The number of ether oxygens (including phenoxy) is 2. The van der Waals surface area contributed by atoms with E-state index in [4.69, 9.17) is 9.47 Å². The summed E-state index contributed by atoms with van der Waals surface area (Å²) in [5, 5.41) is 0. The number of halogens is 1. The fraction of sp³-hybridized carbons (Fsp3) is 0.630. The molecule has 1 saturated carbocycles. The fourth-order valence-electron chi connectivity index (χ4n) is 4.14. The predicted molar refractivity (Wildman–Crippen MR) is 129 cm³/mol. The molecule has 3 unspecified atom stereocenters. The molecule has 3 atom stereocenters. The van der Waals surface area contributed by atoms with Crippen LogP contribution in [0.15, 0.2) is 29.8 Å². The van der Waals surface area contributed by atoms with Gasteiger partial charge < -0.3 is 9.47 Å². The van der Waals surface area contributed by atoms with Gasteiger partial charge in [-0.2, -0.15) is 0 Å². The standard InChI is InChI=1S/C24H32FNO4.C3H8/c1-16-7-5-10-20(11-16)29-22(27)21-14-18(12-17-8-6-9-19(25)13-17)15-26(21)23(28)30-24(2,3)4;1-3-2/h6,8-9,12-13,16,20-21H,5,7,10-11,14-15H2,1-4H3;3H2,1-2H3/b18-12+;. The Bertz CT molecular complexity index is 830. The lowest BCUT2D eigenvalue weighted by atomic mass is 9.89. The smallest absolute Gasteiger partial charge is 0.411 e. The quantitative estimate of drug-likeness (QED) is 0.467. The van der Waals surface area contributed by atoms with Crippen LogP contribution in [0.3, 0.4) is 0 Å². The number of nitrogens with zero attached hydrogens (tertiary/aromatic N) is 1. The van der Waals surface area contributed by atoms with E-state index in [1.807, 2.05) is 6.08 Å². The van der Waals surface area contributed by atoms with E-state index in [0.717, 1.165) is 31.3 Å². The Morgan fingerprint density at radius 1 is 1.21 bits per heavy atom. The summed E-state index contributed by atoms with van der Waals surface area (Å²) in [6, 6.07) is 5.52. The summed E-state index contributed by atoms with van der Waals surface area (Å²) in [6.07, 6.45) is 6.72. The first-order chi connectivity index (χ1) is 15.5. The average molecular weight is 462 g/mol. The van der Waals surface area contributed by atoms with Crippen LogP contribution in [-0.4, -0.2) is 41.3 Å². The molecule has 0 N–H and O–H groups in total. The third-order valence-electron chi connectivity index (χ3n) is 5.50. The van der Waals surface area contributed by atoms with E-state index in [1.165, 1.54) is 23.5 Å². The zero-order valence-electron chi connectivity index (χ0n) is 21.0. The molecular formula is C27H40FNO4. The summed E-state index contributed by atoms with van der Waals surface area (Å²) >= 11 is 0. The summed E-state index contributed by atoms with van der Waals surface area (Å²) in [5.74, 6) is -0.179. The van der Waals surface area contributed by atoms with Gasteiger partial charge in [0.1, 0.15) is 23.6 Å². The number of hydrogen-bond donors (Lipinski definition) is 0. The molecule has 1 aromatic rings. The summed E-state index contributed by atoms with van der Waals surface area (Å²) in [7, 11) is 0. The van der Waals surface area contributed by atoms with Crippen LogP contribution in [0, 0.1) is 11.7 Å². The van der Waals surface area contributed by atoms with E-state index in [1.54, 1.807) is 32.9 Å². The van der Waals surface area contributed by atoms with Gasteiger partial charge in [0.05, 0.1) is 0 Å². The Morgan fingerprint density at radius 3 is 2.52 bits per heavy atom. The van der Waals surface area contributed by atoms with E-state index < -0.39 is 17.7 Å². The number of benzene rings is 1. The van der Waals surface area contributed by atoms with Crippen molar-refractivity contribution in [3.8, 4) is 0 Å². The van der Waals surface area contributed by atoms with Crippen molar-refractivity contribution in [3.05, 3.63) is 41.2 Å². The van der Waals surface area contributed by atoms with Crippen molar-refractivity contribution >= 4 is 18.1 Å². The highest BCUT2D eigenvalue weighted by Gasteiger charge is 2.41. The monoisotopic (exact) mass is 461 g/mol. The van der Waals surface area contributed by atoms with E-state index in [-0.39, 0.29) is 24.4 Å². The minimum absolute atomic E-state index is 0.0991. The summed E-state index contributed by atoms with van der Waals surface area (Å²) in [6.45, 7) is 12.1. The Hall–Kier alpha value is -2.37. The molecule has 5 nitrogen and oxygen atoms in total. The van der Waals surface area contributed by atoms with E-state index in [0.29, 0.717) is 17.9 Å². The van der Waals surface area contributed by atoms with Crippen LogP contribution in [0.4, 0.5) is 9.18 Å². The molecule has 0 bridgehead atoms. The number of carbonyl (C=O) groups excluding carboxylic acids is 2. The van der Waals surface area contributed by atoms with E-state index in [2.05, 4.69) is 20.8 Å². The van der Waals surface area contributed by atoms with Gasteiger partial charge in [0, 0.05) is 13.0 Å². The van der Waals surface area contributed by atoms with Gasteiger partial charge >= 0.3 is 12.1 Å². The largest absolute Gasteiger partial charge is 0.461 e. The van der Waals surface area contributed by atoms with Crippen molar-refractivity contribution in [1.29, 1.82) is 0 Å². The van der Waals surface area contributed by atoms with Crippen molar-refractivity contribution in [1.82, 2.24) is 4.90 Å². The van der Waals surface area contributed by atoms with Crippen molar-refractivity contribution in [2.24, 2.45) is 5.92 Å². The number of likely N-dealkylation sites (tertiary alicyclic amines) is 1. The normalized spacial score (nSPS) is 24.2. The van der Waals surface area contributed by atoms with E-state index >= 15 is 0 Å². The fourth-order valence-corrected chi connectivity index (χ4v) is 4.14. The number of esters is 1. The van der Waals surface area contributed by atoms with Crippen LogP contribution in [0.2, 0.25) is 0 Å². The van der Waals surface area contributed by atoms with Gasteiger partial charge in [-0.3, -0.25) is 4.90 Å². The molecule has 0 spiro atoms. The minimum Gasteiger partial charge on any atom is -0.461 e. The second kappa shape index (κ2) is 12.2. The Labute approximate surface area is 198 Å². The molecule has 1 amide bonds. The zero-order valence-corrected chi connectivity index (χ0v) is 21.0. The highest BCUT2D eigenvalue weighted by atomic mass is 19.1. The summed E-state index contributed by atoms with van der Waals surface area (Å²) in [5.41, 5.74) is 0.897. The molecule has 3 rings (SSSR count). The average Bonchev–Trinajstić information content (AvgIpc) is 3.11. The van der Waals surface area contributed by atoms with Crippen LogP contribution >= 0.6 is 0 Å². The molecule has 1 aromatic carbocycles. The first-order valence-electron chi connectivity index (χ1n) is 12.2. The van der Waals surface area contributed by atoms with Crippen LogP contribution in [-0.2, 0) is 14.3 Å². The SMILES string of the molecule is CC1CCCC(OC(=O)C2C/C(=C\c3cccc(F)c3)CN2C(=O)OC(C)(C)C)C1.CCC. The van der Waals surface area contributed by atoms with Gasteiger partial charge in [-0.15, -0.1) is 0 Å². The second-order valence-corrected chi connectivity index (χ2v) is 10.2. The van der Waals surface area contributed by atoms with Gasteiger partial charge in [-0.05, 0) is 69.2 Å². The maximum absolute atomic E-state index is 13.5. The molecule has 184 valence electrons. The molecule has 2 aliphatic rings. The molecular weight excluding hydrogens is 421 g/mol. The Balaban J connectivity index is 0.00000122. The molecule has 6 heteroatoms. The lowest BCUT2D eigenvalue weighted by Crippen LogP contribution is -2.45. The van der Waals surface area contributed by atoms with Crippen LogP contribution in [0.1, 0.15) is 85.6 Å². The third-order valence-corrected chi connectivity index (χ3v) is 5.50. The van der Waals surface area contributed by atoms with Gasteiger partial charge in [0.25, 0.3) is 0 Å². The molecule has 0 radical (unpaired) electrons. The van der Waals surface area contributed by atoms with Crippen molar-refractivity contribution < 1.29 is 23.5 Å². The van der Waals surface area contributed by atoms with E-state index in [9.17, 15) is 14.0 Å². The Morgan fingerprint density at radius 2 is 1.91 bits per heavy atom. The predicted octanol–water partition coefficient (Wildman–Crippen LogP) is 6.76. The molecule has 1 aliphatic heterocycles. The van der Waals surface area contributed by atoms with Crippen LogP contribution < -0.4 is 0 Å². The first kappa shape index (κ1) is 26.9. The molecule has 2 fully saturated rings. The first-order valence-corrected chi connectivity index (χ1v) is 12.2. The topological polar surface area (TPSA) is 55.8 Å². The van der Waals surface area contributed by atoms with Gasteiger partial charge in [0.2, 0.25) is 0 Å². The van der Waals surface area contributed by atoms with Gasteiger partial charge in [-0.25, -0.2) is 14.0 Å². The maximum Gasteiger partial charge on any atom is 0.411 e. The molecule has 0 aromatic heterocycles. The molecule has 1 saturated heterocycles. The lowest BCUT2D eigenvalue weighted by Gasteiger charge is -2.30. The molecule has 33 heavy (non-hydrogen) atoms. The number of rotatable bonds is 3. The highest BCUT2D eigenvalue weighted by molar-refractivity contribution is 5.84. The highest BCUT2D eigenvalue weighted by Crippen LogP contribution is 2.30. The van der Waals surface area contributed by atoms with Crippen molar-refractivity contribution in [2.75, 3.05) is 6.54 Å². The second-order valence-electron chi connectivity index (χ2n) is 10.2. The Kier molecular flexibility index (Phi) is 9.93. The van der Waals surface area contributed by atoms with Crippen LogP contribution in [0.5, 0.6) is 0 Å². The minimum atomic E-state index is -0.725. The summed E-state index contributed by atoms with van der Waals surface area (Å²) < 4.78 is 24.9. The number of hydrogen-bond acceptors (Lipinski definition) is 4.